The largest absolute Gasteiger partial charge is 0.453 e. The van der Waals surface area contributed by atoms with Crippen molar-refractivity contribution < 1.29 is 8.81 Å². The van der Waals surface area contributed by atoms with Gasteiger partial charge in [-0.1, -0.05) is 24.3 Å². The summed E-state index contributed by atoms with van der Waals surface area (Å²) in [5.41, 5.74) is 2.22. The Kier molecular flexibility index (Phi) is 5.74. The predicted octanol–water partition coefficient (Wildman–Crippen LogP) is 5.94. The zero-order valence-corrected chi connectivity index (χ0v) is 18.6. The number of hydrogen-bond acceptors (Lipinski definition) is 6. The number of aryl methyl sites for hydroxylation is 1. The zero-order valence-electron chi connectivity index (χ0n) is 16.9. The zero-order chi connectivity index (χ0) is 21.2. The summed E-state index contributed by atoms with van der Waals surface area (Å²) in [6.45, 7) is 1.53. The summed E-state index contributed by atoms with van der Waals surface area (Å²) in [6.07, 6.45) is 2.59. The molecule has 3 heterocycles. The number of furan rings is 1. The highest BCUT2D eigenvalue weighted by Crippen LogP contribution is 2.45. The van der Waals surface area contributed by atoms with Crippen molar-refractivity contribution in [2.45, 2.75) is 33.4 Å². The van der Waals surface area contributed by atoms with Crippen LogP contribution in [0.15, 0.2) is 86.6 Å². The van der Waals surface area contributed by atoms with E-state index in [1.165, 1.54) is 28.4 Å². The molecule has 1 aliphatic rings. The molecule has 4 aromatic rings. The first-order chi connectivity index (χ1) is 15.2. The van der Waals surface area contributed by atoms with Crippen LogP contribution in [0.2, 0.25) is 0 Å². The molecule has 1 atom stereocenters. The normalized spacial score (nSPS) is 16.2. The van der Waals surface area contributed by atoms with Gasteiger partial charge >= 0.3 is 0 Å². The quantitative estimate of drug-likeness (QED) is 0.373. The molecule has 31 heavy (non-hydrogen) atoms. The van der Waals surface area contributed by atoms with Crippen LogP contribution in [-0.4, -0.2) is 21.3 Å². The predicted molar refractivity (Wildman–Crippen MR) is 121 cm³/mol. The molecule has 0 radical (unpaired) electrons. The van der Waals surface area contributed by atoms with Crippen molar-refractivity contribution in [2.24, 2.45) is 7.05 Å². The molecule has 0 saturated carbocycles. The van der Waals surface area contributed by atoms with Crippen LogP contribution >= 0.6 is 23.5 Å². The van der Waals surface area contributed by atoms with E-state index in [9.17, 15) is 4.39 Å². The Morgan fingerprint density at radius 3 is 2.90 bits per heavy atom. The third-order valence-electron chi connectivity index (χ3n) is 5.20. The smallest absolute Gasteiger partial charge is 0.198 e. The van der Waals surface area contributed by atoms with E-state index < -0.39 is 0 Å². The Hall–Kier alpha value is -2.71. The minimum Gasteiger partial charge on any atom is -0.453 e. The van der Waals surface area contributed by atoms with Crippen molar-refractivity contribution in [2.75, 3.05) is 11.4 Å². The minimum absolute atomic E-state index is 0.184. The molecule has 0 N–H and O–H groups in total. The number of thioether (sulfide) groups is 1. The lowest BCUT2D eigenvalue weighted by Gasteiger charge is -2.23. The highest BCUT2D eigenvalue weighted by atomic mass is 32.2. The summed E-state index contributed by atoms with van der Waals surface area (Å²) in [7, 11) is 1.91. The first-order valence-electron chi connectivity index (χ1n) is 10.0. The average Bonchev–Trinajstić information content (AvgIpc) is 3.34. The Morgan fingerprint density at radius 2 is 2.06 bits per heavy atom. The van der Waals surface area contributed by atoms with Crippen LogP contribution < -0.4 is 4.90 Å². The second-order valence-corrected chi connectivity index (χ2v) is 9.60. The average molecular weight is 453 g/mol. The molecule has 2 aromatic heterocycles. The molecule has 8 heteroatoms. The van der Waals surface area contributed by atoms with Crippen molar-refractivity contribution in [1.82, 2.24) is 14.8 Å². The highest BCUT2D eigenvalue weighted by Gasteiger charge is 2.24. The fourth-order valence-electron chi connectivity index (χ4n) is 3.67. The van der Waals surface area contributed by atoms with Crippen LogP contribution in [0.1, 0.15) is 23.0 Å². The first-order valence-corrected chi connectivity index (χ1v) is 11.7. The lowest BCUT2D eigenvalue weighted by Crippen LogP contribution is -2.23. The molecule has 0 fully saturated rings. The molecule has 0 bridgehead atoms. The Bertz CT molecular complexity index is 1190. The third-order valence-corrected chi connectivity index (χ3v) is 7.57. The number of aromatic nitrogens is 3. The molecule has 0 unspecified atom stereocenters. The molecule has 0 spiro atoms. The van der Waals surface area contributed by atoms with E-state index in [-0.39, 0.29) is 11.1 Å². The number of hydrogen-bond donors (Lipinski definition) is 0. The second-order valence-electron chi connectivity index (χ2n) is 7.39. The minimum atomic E-state index is -0.184. The van der Waals surface area contributed by atoms with E-state index in [1.54, 1.807) is 30.2 Å². The van der Waals surface area contributed by atoms with E-state index in [0.29, 0.717) is 6.54 Å². The molecule has 5 nitrogen and oxygen atoms in total. The lowest BCUT2D eigenvalue weighted by molar-refractivity contribution is 0.426. The van der Waals surface area contributed by atoms with Gasteiger partial charge in [-0.05, 0) is 60.1 Å². The van der Waals surface area contributed by atoms with Gasteiger partial charge in [0.2, 0.25) is 0 Å². The van der Waals surface area contributed by atoms with Crippen molar-refractivity contribution >= 4 is 29.2 Å². The molecule has 2 aromatic carbocycles. The van der Waals surface area contributed by atoms with E-state index in [2.05, 4.69) is 39.4 Å². The van der Waals surface area contributed by atoms with E-state index in [4.69, 9.17) is 4.42 Å². The van der Waals surface area contributed by atoms with Crippen LogP contribution in [0.4, 0.5) is 10.1 Å². The summed E-state index contributed by atoms with van der Waals surface area (Å²) >= 11 is 3.26. The fourth-order valence-corrected chi connectivity index (χ4v) is 5.70. The number of anilines is 1. The standard InChI is InChI=1S/C23H21FN4OS2/c1-27-15-25-26-23(27)31-22-10-9-18(29-22)14-28-12-11-20(16-5-4-6-17(24)13-16)30-21-8-3-2-7-19(21)28/h2-10,13,15,20H,11-12,14H2,1H3/t20-/m1/s1. The van der Waals surface area contributed by atoms with Crippen molar-refractivity contribution in [3.63, 3.8) is 0 Å². The first kappa shape index (κ1) is 20.2. The monoisotopic (exact) mass is 452 g/mol. The van der Waals surface area contributed by atoms with Gasteiger partial charge in [0, 0.05) is 23.7 Å². The molecule has 5 rings (SSSR count). The summed E-state index contributed by atoms with van der Waals surface area (Å²) in [4.78, 5) is 3.55. The van der Waals surface area contributed by atoms with Crippen LogP contribution in [0.3, 0.4) is 0 Å². The molecular weight excluding hydrogens is 431 g/mol. The molecule has 0 amide bonds. The van der Waals surface area contributed by atoms with Crippen LogP contribution in [0.5, 0.6) is 0 Å². The summed E-state index contributed by atoms with van der Waals surface area (Å²) in [6, 6.07) is 19.4. The van der Waals surface area contributed by atoms with Gasteiger partial charge in [-0.2, -0.15) is 0 Å². The SMILES string of the molecule is Cn1cnnc1Sc1ccc(CN2CC[C@H](c3cccc(F)c3)Sc3ccccc32)o1. The molecule has 158 valence electrons. The Labute approximate surface area is 188 Å². The summed E-state index contributed by atoms with van der Waals surface area (Å²) in [5.74, 6) is 0.713. The number of halogens is 1. The van der Waals surface area contributed by atoms with Gasteiger partial charge in [0.15, 0.2) is 10.2 Å². The molecule has 1 aliphatic heterocycles. The maximum atomic E-state index is 13.8. The van der Waals surface area contributed by atoms with Crippen LogP contribution in [-0.2, 0) is 13.6 Å². The Balaban J connectivity index is 1.36. The topological polar surface area (TPSA) is 47.1 Å². The second kappa shape index (κ2) is 8.80. The third kappa shape index (κ3) is 4.50. The van der Waals surface area contributed by atoms with Crippen molar-refractivity contribution in [3.05, 3.63) is 84.1 Å². The molecule has 0 saturated heterocycles. The van der Waals surface area contributed by atoms with Gasteiger partial charge in [0.1, 0.15) is 17.9 Å². The highest BCUT2D eigenvalue weighted by molar-refractivity contribution is 7.99. The van der Waals surface area contributed by atoms with Crippen molar-refractivity contribution in [3.8, 4) is 0 Å². The van der Waals surface area contributed by atoms with Gasteiger partial charge in [-0.3, -0.25) is 0 Å². The van der Waals surface area contributed by atoms with Crippen LogP contribution in [0, 0.1) is 5.82 Å². The Morgan fingerprint density at radius 1 is 1.16 bits per heavy atom. The number of para-hydroxylation sites is 1. The van der Waals surface area contributed by atoms with Gasteiger partial charge in [0.25, 0.3) is 0 Å². The van der Waals surface area contributed by atoms with E-state index in [0.717, 1.165) is 34.5 Å². The van der Waals surface area contributed by atoms with Crippen molar-refractivity contribution in [1.29, 1.82) is 0 Å². The number of rotatable bonds is 5. The van der Waals surface area contributed by atoms with Gasteiger partial charge in [-0.15, -0.1) is 22.0 Å². The van der Waals surface area contributed by atoms with Crippen LogP contribution in [0.25, 0.3) is 0 Å². The number of benzene rings is 2. The lowest BCUT2D eigenvalue weighted by atomic mass is 10.1. The van der Waals surface area contributed by atoms with E-state index >= 15 is 0 Å². The maximum absolute atomic E-state index is 13.8. The number of fused-ring (bicyclic) bond motifs is 1. The fraction of sp³-hybridized carbons (Fsp3) is 0.217. The summed E-state index contributed by atoms with van der Waals surface area (Å²) in [5, 5.41) is 9.79. The number of nitrogens with zero attached hydrogens (tertiary/aromatic N) is 4. The van der Waals surface area contributed by atoms with Gasteiger partial charge in [-0.25, -0.2) is 4.39 Å². The molecule has 0 aliphatic carbocycles. The van der Waals surface area contributed by atoms with E-state index in [1.807, 2.05) is 29.8 Å². The molecular formula is C23H21FN4OS2. The van der Waals surface area contributed by atoms with Gasteiger partial charge < -0.3 is 13.9 Å². The summed E-state index contributed by atoms with van der Waals surface area (Å²) < 4.78 is 21.7. The van der Waals surface area contributed by atoms with Gasteiger partial charge in [0.05, 0.1) is 12.2 Å². The maximum Gasteiger partial charge on any atom is 0.198 e.